The Labute approximate surface area is 264 Å². The van der Waals surface area contributed by atoms with Crippen molar-refractivity contribution < 1.29 is 19.1 Å². The van der Waals surface area contributed by atoms with Crippen molar-refractivity contribution in [1.29, 1.82) is 0 Å². The zero-order chi connectivity index (χ0) is 31.2. The van der Waals surface area contributed by atoms with Crippen molar-refractivity contribution in [2.45, 2.75) is 114 Å². The predicted molar refractivity (Wildman–Crippen MR) is 173 cm³/mol. The molecule has 1 aromatic rings. The van der Waals surface area contributed by atoms with E-state index in [0.29, 0.717) is 25.3 Å². The molecule has 2 aliphatic carbocycles. The lowest BCUT2D eigenvalue weighted by Gasteiger charge is -2.40. The van der Waals surface area contributed by atoms with E-state index >= 15 is 0 Å². The zero-order valence-corrected chi connectivity index (χ0v) is 27.8. The van der Waals surface area contributed by atoms with Gasteiger partial charge in [-0.2, -0.15) is 0 Å². The van der Waals surface area contributed by atoms with Crippen LogP contribution >= 0.6 is 23.1 Å². The molecule has 5 unspecified atom stereocenters. The molecule has 8 nitrogen and oxygen atoms in total. The maximum absolute atomic E-state index is 13.9. The van der Waals surface area contributed by atoms with E-state index < -0.39 is 24.0 Å². The average Bonchev–Trinajstić information content (AvgIpc) is 3.72. The fourth-order valence-electron chi connectivity index (χ4n) is 6.56. The molecule has 1 aliphatic heterocycles. The number of ether oxygens (including phenoxy) is 1. The Bertz CT molecular complexity index is 1210. The molecule has 0 aromatic carbocycles. The van der Waals surface area contributed by atoms with Gasteiger partial charge in [0.1, 0.15) is 12.1 Å². The van der Waals surface area contributed by atoms with E-state index in [9.17, 15) is 19.3 Å². The first-order valence-electron chi connectivity index (χ1n) is 15.6. The number of thioether (sulfide) groups is 1. The average molecular weight is 630 g/mol. The third-order valence-corrected chi connectivity index (χ3v) is 12.3. The number of thiophene rings is 1. The molecule has 236 valence electrons. The third kappa shape index (κ3) is 8.18. The van der Waals surface area contributed by atoms with Crippen LogP contribution in [0.2, 0.25) is 0 Å². The Kier molecular flexibility index (Phi) is 11.3. The molecule has 2 amide bonds. The van der Waals surface area contributed by atoms with Crippen molar-refractivity contribution in [1.82, 2.24) is 10.2 Å². The Morgan fingerprint density at radius 2 is 2.00 bits per heavy atom. The van der Waals surface area contributed by atoms with Gasteiger partial charge in [-0.1, -0.05) is 57.2 Å². The van der Waals surface area contributed by atoms with E-state index in [-0.39, 0.29) is 41.0 Å². The van der Waals surface area contributed by atoms with E-state index in [1.165, 1.54) is 11.8 Å². The maximum Gasteiger partial charge on any atom is 0.329 e. The van der Waals surface area contributed by atoms with Gasteiger partial charge in [-0.25, -0.2) is 4.79 Å². The summed E-state index contributed by atoms with van der Waals surface area (Å²) in [5.74, 6) is -0.549. The molecule has 4 rings (SSSR count). The van der Waals surface area contributed by atoms with Crippen molar-refractivity contribution in [3.63, 3.8) is 0 Å². The number of amides is 2. The summed E-state index contributed by atoms with van der Waals surface area (Å²) in [5, 5.41) is 7.87. The highest BCUT2D eigenvalue weighted by Crippen LogP contribution is 2.57. The normalized spacial score (nSPS) is 24.6. The molecule has 43 heavy (non-hydrogen) atoms. The van der Waals surface area contributed by atoms with E-state index in [2.05, 4.69) is 38.2 Å². The lowest BCUT2D eigenvalue weighted by molar-refractivity contribution is -0.158. The summed E-state index contributed by atoms with van der Waals surface area (Å²) in [6.45, 7) is 11.6. The molecule has 2 heterocycles. The van der Waals surface area contributed by atoms with Gasteiger partial charge in [0.05, 0.1) is 10.3 Å². The molecule has 1 N–H and O–H groups in total. The summed E-state index contributed by atoms with van der Waals surface area (Å²) in [6.07, 6.45) is 11.9. The van der Waals surface area contributed by atoms with Gasteiger partial charge >= 0.3 is 5.97 Å². The second-order valence-electron chi connectivity index (χ2n) is 13.4. The standard InChI is InChI=1S/C33H47N3O5S2/c1-22(19-24-15-16-32(2,3)33(24,4)5)41-31(39)27-13-9-17-36(27)30(38)26(21-43-28-14-10-18-42-28)34-29(37)25(35-40)20-23-11-7-6-8-12-23/h7,10-12,14,18,22,24-27H,6,8-9,13,15-17,19-21H2,1-5H3,(H,34,37). The molecule has 0 radical (unpaired) electrons. The number of likely N-dealkylation sites (tertiary alicyclic amines) is 1. The van der Waals surface area contributed by atoms with Gasteiger partial charge < -0.3 is 15.0 Å². The molecular weight excluding hydrogens is 583 g/mol. The van der Waals surface area contributed by atoms with E-state index in [1.54, 1.807) is 16.2 Å². The second-order valence-corrected chi connectivity index (χ2v) is 15.7. The first kappa shape index (κ1) is 33.4. The second kappa shape index (κ2) is 14.5. The van der Waals surface area contributed by atoms with Crippen LogP contribution in [0.1, 0.15) is 86.0 Å². The molecule has 3 aliphatic rings. The highest BCUT2D eigenvalue weighted by atomic mass is 32.2. The smallest absolute Gasteiger partial charge is 0.329 e. The predicted octanol–water partition coefficient (Wildman–Crippen LogP) is 6.90. The number of esters is 1. The van der Waals surface area contributed by atoms with Crippen LogP contribution in [-0.2, 0) is 19.1 Å². The summed E-state index contributed by atoms with van der Waals surface area (Å²) in [4.78, 5) is 53.9. The quantitative estimate of drug-likeness (QED) is 0.145. The summed E-state index contributed by atoms with van der Waals surface area (Å²) in [6, 6.07) is 1.15. The van der Waals surface area contributed by atoms with Crippen LogP contribution in [0.25, 0.3) is 0 Å². The zero-order valence-electron chi connectivity index (χ0n) is 26.2. The fourth-order valence-corrected chi connectivity index (χ4v) is 8.38. The minimum Gasteiger partial charge on any atom is -0.461 e. The van der Waals surface area contributed by atoms with E-state index in [4.69, 9.17) is 4.74 Å². The van der Waals surface area contributed by atoms with Gasteiger partial charge in [0.15, 0.2) is 6.04 Å². The van der Waals surface area contributed by atoms with Gasteiger partial charge in [-0.05, 0) is 85.6 Å². The van der Waals surface area contributed by atoms with Crippen molar-refractivity contribution in [3.05, 3.63) is 46.2 Å². The Morgan fingerprint density at radius 3 is 2.63 bits per heavy atom. The lowest BCUT2D eigenvalue weighted by Crippen LogP contribution is -2.54. The number of carbonyl (C=O) groups is 3. The molecule has 0 spiro atoms. The Hall–Kier alpha value is -2.46. The van der Waals surface area contributed by atoms with E-state index in [0.717, 1.165) is 41.9 Å². The Balaban J connectivity index is 1.41. The first-order valence-corrected chi connectivity index (χ1v) is 17.4. The molecule has 10 heteroatoms. The maximum atomic E-state index is 13.9. The van der Waals surface area contributed by atoms with Crippen molar-refractivity contribution in [2.24, 2.45) is 21.9 Å². The van der Waals surface area contributed by atoms with Crippen LogP contribution in [0, 0.1) is 21.7 Å². The summed E-state index contributed by atoms with van der Waals surface area (Å²) in [7, 11) is 0. The fraction of sp³-hybridized carbons (Fsp3) is 0.667. The lowest BCUT2D eigenvalue weighted by atomic mass is 9.66. The Morgan fingerprint density at radius 1 is 1.21 bits per heavy atom. The molecule has 5 atom stereocenters. The number of carbonyl (C=O) groups excluding carboxylic acids is 3. The van der Waals surface area contributed by atoms with Gasteiger partial charge in [0, 0.05) is 18.7 Å². The number of hydrogen-bond acceptors (Lipinski definition) is 8. The number of nitrogens with zero attached hydrogens (tertiary/aromatic N) is 2. The number of allylic oxidation sites excluding steroid dienone is 3. The molecule has 1 saturated carbocycles. The number of hydrogen-bond donors (Lipinski definition) is 1. The molecular formula is C33H47N3O5S2. The molecule has 0 bridgehead atoms. The minimum absolute atomic E-state index is 0.146. The SMILES string of the molecule is CC(CC1CCC(C)(C)C1(C)C)OC(=O)C1CCCN1C(=O)C(CSc1cccs1)NC(=O)C(CC1=CCCC=C1)N=O. The largest absolute Gasteiger partial charge is 0.461 e. The van der Waals surface area contributed by atoms with Gasteiger partial charge in [0.2, 0.25) is 11.8 Å². The van der Waals surface area contributed by atoms with Crippen LogP contribution in [0.15, 0.2) is 50.7 Å². The highest BCUT2D eigenvalue weighted by molar-refractivity contribution is 8.01. The number of nitroso groups, excluding NO2 is 1. The molecule has 1 saturated heterocycles. The van der Waals surface area contributed by atoms with Crippen LogP contribution in [0.5, 0.6) is 0 Å². The monoisotopic (exact) mass is 629 g/mol. The third-order valence-electron chi connectivity index (χ3n) is 10.1. The topological polar surface area (TPSA) is 105 Å². The van der Waals surface area contributed by atoms with Crippen molar-refractivity contribution in [3.8, 4) is 0 Å². The first-order chi connectivity index (χ1) is 20.4. The highest BCUT2D eigenvalue weighted by Gasteiger charge is 2.49. The summed E-state index contributed by atoms with van der Waals surface area (Å²) < 4.78 is 6.98. The van der Waals surface area contributed by atoms with Gasteiger partial charge in [0.25, 0.3) is 0 Å². The summed E-state index contributed by atoms with van der Waals surface area (Å²) in [5.41, 5.74) is 1.27. The number of rotatable bonds is 13. The van der Waals surface area contributed by atoms with Crippen molar-refractivity contribution >= 4 is 40.9 Å². The van der Waals surface area contributed by atoms with E-state index in [1.807, 2.05) is 42.7 Å². The summed E-state index contributed by atoms with van der Waals surface area (Å²) >= 11 is 3.02. The van der Waals surface area contributed by atoms with Gasteiger partial charge in [-0.15, -0.1) is 28.0 Å². The molecule has 1 aromatic heterocycles. The van der Waals surface area contributed by atoms with Gasteiger partial charge in [-0.3, -0.25) is 9.59 Å². The van der Waals surface area contributed by atoms with Crippen molar-refractivity contribution in [2.75, 3.05) is 12.3 Å². The number of nitrogens with one attached hydrogen (secondary N) is 1. The van der Waals surface area contributed by atoms with Crippen LogP contribution in [0.4, 0.5) is 0 Å². The minimum atomic E-state index is -1.14. The molecule has 2 fully saturated rings. The van der Waals surface area contributed by atoms with Crippen LogP contribution < -0.4 is 5.32 Å². The van der Waals surface area contributed by atoms with Crippen LogP contribution in [0.3, 0.4) is 0 Å². The van der Waals surface area contributed by atoms with Crippen LogP contribution in [-0.4, -0.2) is 59.2 Å².